The van der Waals surface area contributed by atoms with Gasteiger partial charge in [-0.1, -0.05) is 240 Å². The summed E-state index contributed by atoms with van der Waals surface area (Å²) in [6.45, 7) is 10.2. The van der Waals surface area contributed by atoms with E-state index >= 15 is 0 Å². The van der Waals surface area contributed by atoms with Crippen molar-refractivity contribution in [3.63, 3.8) is 0 Å². The molecule has 1 fully saturated rings. The maximum atomic E-state index is 13.5. The van der Waals surface area contributed by atoms with Crippen molar-refractivity contribution in [1.82, 2.24) is 5.32 Å². The van der Waals surface area contributed by atoms with Crippen LogP contribution in [0.5, 0.6) is 0 Å². The van der Waals surface area contributed by atoms with Crippen LogP contribution in [-0.2, 0) is 19.1 Å². The lowest BCUT2D eigenvalue weighted by Crippen LogP contribution is -2.26. The molecular formula is C57H111NO4. The van der Waals surface area contributed by atoms with Crippen LogP contribution in [0, 0.1) is 17.8 Å². The third-order valence-electron chi connectivity index (χ3n) is 14.5. The second-order valence-corrected chi connectivity index (χ2v) is 20.6. The average Bonchev–Trinajstić information content (AvgIpc) is 3.26. The lowest BCUT2D eigenvalue weighted by molar-refractivity contribution is -0.151. The standard InChI is InChI=1S/C57H111NO4/c1-6-9-12-14-23-31-41-52-42-32-24-18-20-26-35-44-54(61-57(60)48-38-49-58-5)45-36-27-21-19-25-33-43-53(52)50-55(46-34-13-10-7-2)62-56(59)47-37-28-17-15-16-22-30-40-51(4)39-29-11-8-3/h51-55,58H,6-50H2,1-5H3. The summed E-state index contributed by atoms with van der Waals surface area (Å²) in [4.78, 5) is 26.1. The van der Waals surface area contributed by atoms with Crippen LogP contribution in [0.25, 0.3) is 0 Å². The molecule has 5 heteroatoms. The number of esters is 2. The van der Waals surface area contributed by atoms with Crippen molar-refractivity contribution in [2.24, 2.45) is 17.8 Å². The Kier molecular flexibility index (Phi) is 42.8. The van der Waals surface area contributed by atoms with E-state index in [1.165, 1.54) is 225 Å². The minimum absolute atomic E-state index is 0.00346. The number of nitrogens with one attached hydrogen (secondary N) is 1. The molecule has 0 aromatic heterocycles. The molecule has 0 spiro atoms. The van der Waals surface area contributed by atoms with Crippen LogP contribution in [-0.4, -0.2) is 37.7 Å². The molecule has 62 heavy (non-hydrogen) atoms. The first kappa shape index (κ1) is 58.9. The molecule has 5 unspecified atom stereocenters. The lowest BCUT2D eigenvalue weighted by atomic mass is 9.77. The molecule has 5 atom stereocenters. The monoisotopic (exact) mass is 874 g/mol. The van der Waals surface area contributed by atoms with Crippen molar-refractivity contribution in [3.8, 4) is 0 Å². The van der Waals surface area contributed by atoms with Crippen LogP contribution >= 0.6 is 0 Å². The van der Waals surface area contributed by atoms with E-state index < -0.39 is 0 Å². The second-order valence-electron chi connectivity index (χ2n) is 20.6. The van der Waals surface area contributed by atoms with Crippen molar-refractivity contribution < 1.29 is 19.1 Å². The Labute approximate surface area is 388 Å². The van der Waals surface area contributed by atoms with Gasteiger partial charge in [-0.25, -0.2) is 0 Å². The Balaban J connectivity index is 2.85. The van der Waals surface area contributed by atoms with Crippen LogP contribution in [0.3, 0.4) is 0 Å². The summed E-state index contributed by atoms with van der Waals surface area (Å²) in [5.74, 6) is 2.39. The predicted molar refractivity (Wildman–Crippen MR) is 270 cm³/mol. The molecule has 1 aliphatic carbocycles. The first-order valence-corrected chi connectivity index (χ1v) is 28.5. The molecule has 0 radical (unpaired) electrons. The Morgan fingerprint density at radius 1 is 0.484 bits per heavy atom. The van der Waals surface area contributed by atoms with E-state index in [0.717, 1.165) is 63.3 Å². The van der Waals surface area contributed by atoms with Gasteiger partial charge in [-0.15, -0.1) is 0 Å². The molecule has 1 N–H and O–H groups in total. The van der Waals surface area contributed by atoms with Crippen molar-refractivity contribution in [3.05, 3.63) is 0 Å². The average molecular weight is 875 g/mol. The van der Waals surface area contributed by atoms with Crippen LogP contribution in [0.4, 0.5) is 0 Å². The topological polar surface area (TPSA) is 64.6 Å². The third kappa shape index (κ3) is 37.2. The molecule has 1 rings (SSSR count). The van der Waals surface area contributed by atoms with Crippen molar-refractivity contribution >= 4 is 11.9 Å². The molecular weight excluding hydrogens is 763 g/mol. The fourth-order valence-electron chi connectivity index (χ4n) is 10.4. The fourth-order valence-corrected chi connectivity index (χ4v) is 10.4. The number of unbranched alkanes of at least 4 members (excludes halogenated alkanes) is 16. The lowest BCUT2D eigenvalue weighted by Gasteiger charge is -2.31. The number of rotatable bonds is 34. The number of hydrogen-bond acceptors (Lipinski definition) is 5. The van der Waals surface area contributed by atoms with E-state index in [-0.39, 0.29) is 24.1 Å². The van der Waals surface area contributed by atoms with Crippen LogP contribution in [0.15, 0.2) is 0 Å². The Hall–Kier alpha value is -1.10. The van der Waals surface area contributed by atoms with Crippen LogP contribution < -0.4 is 5.32 Å². The number of hydrogen-bond donors (Lipinski definition) is 1. The zero-order valence-corrected chi connectivity index (χ0v) is 42.8. The minimum Gasteiger partial charge on any atom is -0.462 e. The van der Waals surface area contributed by atoms with Gasteiger partial charge in [0.1, 0.15) is 12.2 Å². The molecule has 0 aromatic carbocycles. The molecule has 0 amide bonds. The summed E-state index contributed by atoms with van der Waals surface area (Å²) in [7, 11) is 1.94. The first-order valence-electron chi connectivity index (χ1n) is 28.5. The highest BCUT2D eigenvalue weighted by Gasteiger charge is 2.27. The van der Waals surface area contributed by atoms with Gasteiger partial charge in [-0.3, -0.25) is 9.59 Å². The van der Waals surface area contributed by atoms with Gasteiger partial charge in [-0.05, 0) is 89.1 Å². The molecule has 0 saturated heterocycles. The molecule has 0 bridgehead atoms. The summed E-state index contributed by atoms with van der Waals surface area (Å²) >= 11 is 0. The second kappa shape index (κ2) is 45.1. The summed E-state index contributed by atoms with van der Waals surface area (Å²) in [6.07, 6.45) is 54.7. The van der Waals surface area contributed by atoms with E-state index in [2.05, 4.69) is 33.0 Å². The van der Waals surface area contributed by atoms with Crippen LogP contribution in [0.2, 0.25) is 0 Å². The smallest absolute Gasteiger partial charge is 0.306 e. The number of ether oxygens (including phenoxy) is 2. The summed E-state index contributed by atoms with van der Waals surface area (Å²) in [6, 6.07) is 0. The van der Waals surface area contributed by atoms with Gasteiger partial charge >= 0.3 is 11.9 Å². The van der Waals surface area contributed by atoms with Gasteiger partial charge < -0.3 is 14.8 Å². The highest BCUT2D eigenvalue weighted by Crippen LogP contribution is 2.35. The number of carbonyl (C=O) groups excluding carboxylic acids is 2. The molecule has 0 aliphatic heterocycles. The Morgan fingerprint density at radius 2 is 0.919 bits per heavy atom. The van der Waals surface area contributed by atoms with Crippen molar-refractivity contribution in [2.45, 2.75) is 322 Å². The van der Waals surface area contributed by atoms with Crippen molar-refractivity contribution in [2.75, 3.05) is 13.6 Å². The van der Waals surface area contributed by atoms with Gasteiger partial charge in [0, 0.05) is 12.8 Å². The van der Waals surface area contributed by atoms with E-state index in [1.807, 2.05) is 7.05 Å². The normalized spacial score (nSPS) is 20.1. The quantitative estimate of drug-likeness (QED) is 0.0515. The maximum Gasteiger partial charge on any atom is 0.306 e. The summed E-state index contributed by atoms with van der Waals surface area (Å²) in [5.41, 5.74) is 0. The molecule has 1 saturated carbocycles. The van der Waals surface area contributed by atoms with Gasteiger partial charge in [0.2, 0.25) is 0 Å². The maximum absolute atomic E-state index is 13.5. The highest BCUT2D eigenvalue weighted by molar-refractivity contribution is 5.69. The minimum atomic E-state index is -0.00346. The van der Waals surface area contributed by atoms with Crippen LogP contribution in [0.1, 0.15) is 310 Å². The van der Waals surface area contributed by atoms with Gasteiger partial charge in [0.25, 0.3) is 0 Å². The highest BCUT2D eigenvalue weighted by atomic mass is 16.5. The summed E-state index contributed by atoms with van der Waals surface area (Å²) < 4.78 is 12.6. The van der Waals surface area contributed by atoms with E-state index in [4.69, 9.17) is 9.47 Å². The van der Waals surface area contributed by atoms with E-state index in [9.17, 15) is 9.59 Å². The molecule has 1 aliphatic rings. The van der Waals surface area contributed by atoms with Crippen molar-refractivity contribution in [1.29, 1.82) is 0 Å². The zero-order valence-electron chi connectivity index (χ0n) is 42.8. The Morgan fingerprint density at radius 3 is 1.52 bits per heavy atom. The third-order valence-corrected chi connectivity index (χ3v) is 14.5. The number of carbonyl (C=O) groups is 2. The SMILES string of the molecule is CCCCCCCCC1CCCCCCCCC(OC(=O)CCCNC)CCCCCCCCC1CC(CCCCCC)OC(=O)CCCCCCCCCC(C)CCCCC. The largest absolute Gasteiger partial charge is 0.462 e. The van der Waals surface area contributed by atoms with Gasteiger partial charge in [0.05, 0.1) is 0 Å². The predicted octanol–water partition coefficient (Wildman–Crippen LogP) is 18.1. The summed E-state index contributed by atoms with van der Waals surface area (Å²) in [5, 5.41) is 3.15. The Bertz CT molecular complexity index is 955. The van der Waals surface area contributed by atoms with Gasteiger partial charge in [-0.2, -0.15) is 0 Å². The molecule has 0 heterocycles. The first-order chi connectivity index (χ1) is 30.4. The molecule has 5 nitrogen and oxygen atoms in total. The molecule has 0 aromatic rings. The fraction of sp³-hybridized carbons (Fsp3) is 0.965. The zero-order chi connectivity index (χ0) is 45.0. The van der Waals surface area contributed by atoms with Gasteiger partial charge in [0.15, 0.2) is 0 Å². The molecule has 368 valence electrons. The van der Waals surface area contributed by atoms with E-state index in [0.29, 0.717) is 18.8 Å². The van der Waals surface area contributed by atoms with E-state index in [1.54, 1.807) is 0 Å².